The predicted molar refractivity (Wildman–Crippen MR) is 118 cm³/mol. The predicted octanol–water partition coefficient (Wildman–Crippen LogP) is 5.92. The molecule has 1 aromatic carbocycles. The van der Waals surface area contributed by atoms with Crippen molar-refractivity contribution in [3.05, 3.63) is 57.6 Å². The first kappa shape index (κ1) is 20.6. The van der Waals surface area contributed by atoms with Crippen LogP contribution in [0.25, 0.3) is 11.3 Å². The molecule has 4 nitrogen and oxygen atoms in total. The molecule has 0 amide bonds. The van der Waals surface area contributed by atoms with Gasteiger partial charge in [-0.1, -0.05) is 35.9 Å². The first-order valence-corrected chi connectivity index (χ1v) is 11.1. The van der Waals surface area contributed by atoms with Gasteiger partial charge in [0.25, 0.3) is 0 Å². The van der Waals surface area contributed by atoms with Crippen LogP contribution in [-0.4, -0.2) is 23.1 Å². The Kier molecular flexibility index (Phi) is 6.52. The highest BCUT2D eigenvalue weighted by Crippen LogP contribution is 2.29. The third kappa shape index (κ3) is 5.91. The zero-order chi connectivity index (χ0) is 20.1. The summed E-state index contributed by atoms with van der Waals surface area (Å²) in [6.45, 7) is 9.07. The summed E-state index contributed by atoms with van der Waals surface area (Å²) in [6.07, 6.45) is 0.335. The number of rotatable bonds is 7. The maximum atomic E-state index is 12.2. The molecule has 0 saturated carbocycles. The second-order valence-electron chi connectivity index (χ2n) is 7.72. The van der Waals surface area contributed by atoms with E-state index < -0.39 is 5.60 Å². The minimum atomic E-state index is -0.463. The van der Waals surface area contributed by atoms with Crippen molar-refractivity contribution in [1.82, 2.24) is 4.98 Å². The van der Waals surface area contributed by atoms with Crippen molar-refractivity contribution in [3.63, 3.8) is 0 Å². The summed E-state index contributed by atoms with van der Waals surface area (Å²) < 4.78 is 5.46. The van der Waals surface area contributed by atoms with Crippen LogP contribution in [0.2, 0.25) is 0 Å². The van der Waals surface area contributed by atoms with Crippen molar-refractivity contribution in [2.24, 2.45) is 0 Å². The maximum absolute atomic E-state index is 12.2. The molecule has 3 aromatic rings. The topological polar surface area (TPSA) is 42.4 Å². The van der Waals surface area contributed by atoms with Crippen molar-refractivity contribution in [2.45, 2.75) is 46.3 Å². The Labute approximate surface area is 174 Å². The molecule has 2 aromatic heterocycles. The normalized spacial score (nSPS) is 11.4. The second-order valence-corrected chi connectivity index (χ2v) is 9.59. The fourth-order valence-electron chi connectivity index (χ4n) is 2.72. The molecule has 0 bridgehead atoms. The lowest BCUT2D eigenvalue weighted by atomic mass is 10.1. The molecule has 0 fully saturated rings. The molecule has 0 saturated heterocycles. The van der Waals surface area contributed by atoms with E-state index in [2.05, 4.69) is 52.9 Å². The van der Waals surface area contributed by atoms with E-state index in [-0.39, 0.29) is 5.97 Å². The number of benzene rings is 1. The molecular formula is C22H26N2O2S2. The van der Waals surface area contributed by atoms with Gasteiger partial charge in [0.05, 0.1) is 18.7 Å². The third-order valence-corrected chi connectivity index (χ3v) is 5.81. The van der Waals surface area contributed by atoms with Gasteiger partial charge >= 0.3 is 5.97 Å². The first-order valence-electron chi connectivity index (χ1n) is 9.32. The molecule has 0 aliphatic heterocycles. The van der Waals surface area contributed by atoms with Gasteiger partial charge in [-0.05, 0) is 39.1 Å². The van der Waals surface area contributed by atoms with Crippen LogP contribution in [0.4, 0.5) is 5.13 Å². The van der Waals surface area contributed by atoms with Crippen molar-refractivity contribution in [1.29, 1.82) is 0 Å². The van der Waals surface area contributed by atoms with E-state index in [1.54, 1.807) is 22.7 Å². The summed E-state index contributed by atoms with van der Waals surface area (Å²) in [7, 11) is 0. The van der Waals surface area contributed by atoms with Crippen LogP contribution in [0.3, 0.4) is 0 Å². The molecule has 148 valence electrons. The molecule has 0 atom stereocenters. The third-order valence-electron chi connectivity index (χ3n) is 4.04. The molecule has 2 heterocycles. The minimum absolute atomic E-state index is 0.181. The lowest BCUT2D eigenvalue weighted by Crippen LogP contribution is -2.29. The first-order chi connectivity index (χ1) is 13.3. The molecule has 3 rings (SSSR count). The average molecular weight is 415 g/mol. The van der Waals surface area contributed by atoms with Gasteiger partial charge < -0.3 is 9.64 Å². The van der Waals surface area contributed by atoms with Gasteiger partial charge in [0.15, 0.2) is 5.13 Å². The van der Waals surface area contributed by atoms with E-state index in [1.165, 1.54) is 10.4 Å². The standard InChI is InChI=1S/C22H26N2O2S2/c1-16-7-9-17(10-8-16)19-15-28-21(23-19)24(14-18-6-5-13-27-18)12-11-20(25)26-22(2,3)4/h5-10,13,15H,11-12,14H2,1-4H3. The molecule has 0 N–H and O–H groups in total. The molecule has 6 heteroatoms. The maximum Gasteiger partial charge on any atom is 0.308 e. The number of hydrogen-bond donors (Lipinski definition) is 0. The number of nitrogens with zero attached hydrogens (tertiary/aromatic N) is 2. The molecule has 0 aliphatic rings. The number of aryl methyl sites for hydroxylation is 1. The Morgan fingerprint density at radius 2 is 1.89 bits per heavy atom. The summed E-state index contributed by atoms with van der Waals surface area (Å²) in [5, 5.41) is 5.07. The highest BCUT2D eigenvalue weighted by Gasteiger charge is 2.19. The van der Waals surface area contributed by atoms with Crippen molar-refractivity contribution in [2.75, 3.05) is 11.4 Å². The van der Waals surface area contributed by atoms with E-state index in [9.17, 15) is 4.79 Å². The summed E-state index contributed by atoms with van der Waals surface area (Å²) in [6, 6.07) is 12.5. The smallest absolute Gasteiger partial charge is 0.308 e. The second kappa shape index (κ2) is 8.88. The van der Waals surface area contributed by atoms with Crippen LogP contribution >= 0.6 is 22.7 Å². The van der Waals surface area contributed by atoms with Crippen LogP contribution in [0, 0.1) is 6.92 Å². The van der Waals surface area contributed by atoms with E-state index in [1.807, 2.05) is 26.8 Å². The van der Waals surface area contributed by atoms with Gasteiger partial charge in [-0.2, -0.15) is 0 Å². The summed E-state index contributed by atoms with van der Waals surface area (Å²) in [5.74, 6) is -0.181. The zero-order valence-electron chi connectivity index (χ0n) is 16.8. The lowest BCUT2D eigenvalue weighted by Gasteiger charge is -2.23. The number of anilines is 1. The van der Waals surface area contributed by atoms with Gasteiger partial charge in [0.1, 0.15) is 5.60 Å². The van der Waals surface area contributed by atoms with Gasteiger partial charge in [-0.15, -0.1) is 22.7 Å². The highest BCUT2D eigenvalue weighted by molar-refractivity contribution is 7.14. The SMILES string of the molecule is Cc1ccc(-c2csc(N(CCC(=O)OC(C)(C)C)Cc3cccs3)n2)cc1. The fraction of sp³-hybridized carbons (Fsp3) is 0.364. The highest BCUT2D eigenvalue weighted by atomic mass is 32.1. The fourth-order valence-corrected chi connectivity index (χ4v) is 4.30. The number of ether oxygens (including phenoxy) is 1. The molecule has 0 aliphatic carbocycles. The van der Waals surface area contributed by atoms with Gasteiger partial charge in [-0.3, -0.25) is 4.79 Å². The van der Waals surface area contributed by atoms with Crippen LogP contribution in [0.5, 0.6) is 0 Å². The number of thiazole rings is 1. The summed E-state index contributed by atoms with van der Waals surface area (Å²) in [5.41, 5.74) is 2.84. The zero-order valence-corrected chi connectivity index (χ0v) is 18.4. The summed E-state index contributed by atoms with van der Waals surface area (Å²) in [4.78, 5) is 20.4. The van der Waals surface area contributed by atoms with Crippen molar-refractivity contribution < 1.29 is 9.53 Å². The van der Waals surface area contributed by atoms with Gasteiger partial charge in [0.2, 0.25) is 0 Å². The van der Waals surface area contributed by atoms with Crippen LogP contribution in [0.1, 0.15) is 37.6 Å². The molecule has 28 heavy (non-hydrogen) atoms. The number of esters is 1. The minimum Gasteiger partial charge on any atom is -0.460 e. The Morgan fingerprint density at radius 3 is 2.54 bits per heavy atom. The van der Waals surface area contributed by atoms with Crippen molar-refractivity contribution >= 4 is 33.8 Å². The molecule has 0 radical (unpaired) electrons. The molecular weight excluding hydrogens is 388 g/mol. The Bertz CT molecular complexity index is 894. The number of hydrogen-bond acceptors (Lipinski definition) is 6. The number of thiophene rings is 1. The Hall–Kier alpha value is -2.18. The molecule has 0 unspecified atom stereocenters. The Morgan fingerprint density at radius 1 is 1.14 bits per heavy atom. The van der Waals surface area contributed by atoms with E-state index in [0.29, 0.717) is 13.0 Å². The number of aromatic nitrogens is 1. The number of carbonyl (C=O) groups excluding carboxylic acids is 1. The lowest BCUT2D eigenvalue weighted by molar-refractivity contribution is -0.154. The molecule has 0 spiro atoms. The van der Waals surface area contributed by atoms with Crippen LogP contribution in [-0.2, 0) is 16.1 Å². The monoisotopic (exact) mass is 414 g/mol. The van der Waals surface area contributed by atoms with E-state index >= 15 is 0 Å². The Balaban J connectivity index is 1.75. The van der Waals surface area contributed by atoms with E-state index in [0.717, 1.165) is 22.9 Å². The van der Waals surface area contributed by atoms with E-state index in [4.69, 9.17) is 9.72 Å². The van der Waals surface area contributed by atoms with Crippen molar-refractivity contribution in [3.8, 4) is 11.3 Å². The summed E-state index contributed by atoms with van der Waals surface area (Å²) >= 11 is 3.32. The van der Waals surface area contributed by atoms with Gasteiger partial charge in [-0.25, -0.2) is 4.98 Å². The van der Waals surface area contributed by atoms with Crippen LogP contribution in [0.15, 0.2) is 47.2 Å². The average Bonchev–Trinajstić information content (AvgIpc) is 3.29. The number of carbonyl (C=O) groups is 1. The van der Waals surface area contributed by atoms with Gasteiger partial charge in [0, 0.05) is 22.4 Å². The van der Waals surface area contributed by atoms with Crippen LogP contribution < -0.4 is 4.90 Å². The largest absolute Gasteiger partial charge is 0.460 e. The quantitative estimate of drug-likeness (QED) is 0.450.